The molecule has 82 valence electrons. The molecule has 0 unspecified atom stereocenters. The fourth-order valence-electron chi connectivity index (χ4n) is 1.84. The number of nitrogens with two attached hydrogens (primary N) is 1. The zero-order chi connectivity index (χ0) is 11.5. The summed E-state index contributed by atoms with van der Waals surface area (Å²) in [4.78, 5) is 0. The molecule has 0 atom stereocenters. The Morgan fingerprint density at radius 2 is 1.56 bits per heavy atom. The second-order valence-electron chi connectivity index (χ2n) is 4.13. The summed E-state index contributed by atoms with van der Waals surface area (Å²) < 4.78 is 0. The molecule has 0 spiro atoms. The van der Waals surface area contributed by atoms with Crippen LogP contribution in [0.25, 0.3) is 11.1 Å². The van der Waals surface area contributed by atoms with Gasteiger partial charge in [-0.05, 0) is 36.1 Å². The Hall–Kier alpha value is -1.76. The Morgan fingerprint density at radius 1 is 0.938 bits per heavy atom. The zero-order valence-electron chi connectivity index (χ0n) is 9.83. The fraction of sp³-hybridized carbons (Fsp3) is 0.200. The van der Waals surface area contributed by atoms with Crippen molar-refractivity contribution in [3.63, 3.8) is 0 Å². The first-order valence-corrected chi connectivity index (χ1v) is 5.66. The van der Waals surface area contributed by atoms with Crippen LogP contribution in [0, 0.1) is 6.92 Å². The predicted octanol–water partition coefficient (Wildman–Crippen LogP) is 3.81. The minimum Gasteiger partial charge on any atom is -0.398 e. The van der Waals surface area contributed by atoms with Gasteiger partial charge in [-0.1, -0.05) is 48.9 Å². The van der Waals surface area contributed by atoms with E-state index in [9.17, 15) is 0 Å². The standard InChI is InChI=1S/C15H17N/c1-3-12-8-9-14(10-15(12)16)13-6-4-11(2)5-7-13/h4-10H,3,16H2,1-2H3. The van der Waals surface area contributed by atoms with Crippen molar-refractivity contribution in [3.05, 3.63) is 53.6 Å². The third kappa shape index (κ3) is 2.08. The van der Waals surface area contributed by atoms with E-state index in [0.717, 1.165) is 12.1 Å². The molecule has 2 aromatic rings. The summed E-state index contributed by atoms with van der Waals surface area (Å²) >= 11 is 0. The van der Waals surface area contributed by atoms with Crippen LogP contribution in [0.15, 0.2) is 42.5 Å². The second-order valence-corrected chi connectivity index (χ2v) is 4.13. The number of anilines is 1. The highest BCUT2D eigenvalue weighted by molar-refractivity contribution is 5.69. The van der Waals surface area contributed by atoms with Gasteiger partial charge in [-0.2, -0.15) is 0 Å². The fourth-order valence-corrected chi connectivity index (χ4v) is 1.84. The number of aryl methyl sites for hydroxylation is 2. The first-order chi connectivity index (χ1) is 7.70. The van der Waals surface area contributed by atoms with Gasteiger partial charge >= 0.3 is 0 Å². The summed E-state index contributed by atoms with van der Waals surface area (Å²) in [6, 6.07) is 14.8. The van der Waals surface area contributed by atoms with Crippen LogP contribution in [0.4, 0.5) is 5.69 Å². The Morgan fingerprint density at radius 3 is 2.12 bits per heavy atom. The maximum atomic E-state index is 6.00. The first kappa shape index (κ1) is 10.7. The van der Waals surface area contributed by atoms with Gasteiger partial charge in [0.2, 0.25) is 0 Å². The molecular weight excluding hydrogens is 194 g/mol. The molecule has 16 heavy (non-hydrogen) atoms. The molecule has 0 heterocycles. The van der Waals surface area contributed by atoms with Gasteiger partial charge in [0, 0.05) is 5.69 Å². The SMILES string of the molecule is CCc1ccc(-c2ccc(C)cc2)cc1N. The summed E-state index contributed by atoms with van der Waals surface area (Å²) in [7, 11) is 0. The molecule has 0 fully saturated rings. The van der Waals surface area contributed by atoms with Crippen LogP contribution in [-0.2, 0) is 6.42 Å². The third-order valence-electron chi connectivity index (χ3n) is 2.91. The smallest absolute Gasteiger partial charge is 0.0352 e. The summed E-state index contributed by atoms with van der Waals surface area (Å²) in [6.07, 6.45) is 0.986. The predicted molar refractivity (Wildman–Crippen MR) is 70.4 cm³/mol. The topological polar surface area (TPSA) is 26.0 Å². The van der Waals surface area contributed by atoms with Crippen molar-refractivity contribution in [2.45, 2.75) is 20.3 Å². The highest BCUT2D eigenvalue weighted by Crippen LogP contribution is 2.24. The molecule has 0 bridgehead atoms. The molecule has 1 nitrogen and oxygen atoms in total. The molecule has 0 aliphatic rings. The summed E-state index contributed by atoms with van der Waals surface area (Å²) in [5.41, 5.74) is 11.8. The lowest BCUT2D eigenvalue weighted by Crippen LogP contribution is -1.93. The molecule has 0 aliphatic carbocycles. The summed E-state index contributed by atoms with van der Waals surface area (Å²) in [5.74, 6) is 0. The van der Waals surface area contributed by atoms with Crippen LogP contribution in [0.3, 0.4) is 0 Å². The van der Waals surface area contributed by atoms with Crippen LogP contribution in [-0.4, -0.2) is 0 Å². The first-order valence-electron chi connectivity index (χ1n) is 5.66. The molecule has 0 saturated heterocycles. The van der Waals surface area contributed by atoms with Gasteiger partial charge < -0.3 is 5.73 Å². The number of nitrogen functional groups attached to an aromatic ring is 1. The number of hydrogen-bond donors (Lipinski definition) is 1. The minimum atomic E-state index is 0.889. The number of benzene rings is 2. The van der Waals surface area contributed by atoms with Gasteiger partial charge in [0.25, 0.3) is 0 Å². The zero-order valence-corrected chi connectivity index (χ0v) is 9.83. The quantitative estimate of drug-likeness (QED) is 0.751. The lowest BCUT2D eigenvalue weighted by Gasteiger charge is -2.07. The van der Waals surface area contributed by atoms with Crippen LogP contribution < -0.4 is 5.73 Å². The Kier molecular flexibility index (Phi) is 2.95. The molecule has 0 amide bonds. The normalized spacial score (nSPS) is 10.4. The van der Waals surface area contributed by atoms with Crippen LogP contribution in [0.5, 0.6) is 0 Å². The van der Waals surface area contributed by atoms with E-state index in [-0.39, 0.29) is 0 Å². The summed E-state index contributed by atoms with van der Waals surface area (Å²) in [5, 5.41) is 0. The molecule has 2 N–H and O–H groups in total. The van der Waals surface area contributed by atoms with Crippen LogP contribution >= 0.6 is 0 Å². The van der Waals surface area contributed by atoms with Crippen molar-refractivity contribution >= 4 is 5.69 Å². The van der Waals surface area contributed by atoms with Crippen molar-refractivity contribution in [2.75, 3.05) is 5.73 Å². The van der Waals surface area contributed by atoms with Gasteiger partial charge in [0.1, 0.15) is 0 Å². The third-order valence-corrected chi connectivity index (χ3v) is 2.91. The average molecular weight is 211 g/mol. The highest BCUT2D eigenvalue weighted by Gasteiger charge is 2.01. The van der Waals surface area contributed by atoms with E-state index in [1.54, 1.807) is 0 Å². The van der Waals surface area contributed by atoms with Crippen molar-refractivity contribution in [3.8, 4) is 11.1 Å². The molecule has 0 aromatic heterocycles. The largest absolute Gasteiger partial charge is 0.398 e. The lowest BCUT2D eigenvalue weighted by atomic mass is 10.0. The Labute approximate surface area is 96.9 Å². The molecule has 2 rings (SSSR count). The Bertz CT molecular complexity index is 483. The molecule has 1 heteroatoms. The maximum absolute atomic E-state index is 6.00. The molecule has 0 aliphatic heterocycles. The molecular formula is C15H17N. The molecule has 0 radical (unpaired) electrons. The molecule has 0 saturated carbocycles. The average Bonchev–Trinajstić information content (AvgIpc) is 2.30. The van der Waals surface area contributed by atoms with Gasteiger partial charge in [0.15, 0.2) is 0 Å². The summed E-state index contributed by atoms with van der Waals surface area (Å²) in [6.45, 7) is 4.22. The van der Waals surface area contributed by atoms with E-state index in [1.165, 1.54) is 22.3 Å². The van der Waals surface area contributed by atoms with Crippen molar-refractivity contribution in [1.82, 2.24) is 0 Å². The van der Waals surface area contributed by atoms with Gasteiger partial charge in [-0.25, -0.2) is 0 Å². The Balaban J connectivity index is 2.41. The van der Waals surface area contributed by atoms with E-state index in [0.29, 0.717) is 0 Å². The van der Waals surface area contributed by atoms with Crippen molar-refractivity contribution in [1.29, 1.82) is 0 Å². The minimum absolute atomic E-state index is 0.889. The van der Waals surface area contributed by atoms with Crippen LogP contribution in [0.1, 0.15) is 18.1 Å². The highest BCUT2D eigenvalue weighted by atomic mass is 14.6. The molecule has 2 aromatic carbocycles. The van der Waals surface area contributed by atoms with E-state index >= 15 is 0 Å². The monoisotopic (exact) mass is 211 g/mol. The number of rotatable bonds is 2. The van der Waals surface area contributed by atoms with E-state index in [2.05, 4.69) is 56.3 Å². The van der Waals surface area contributed by atoms with Gasteiger partial charge in [-0.15, -0.1) is 0 Å². The lowest BCUT2D eigenvalue weighted by molar-refractivity contribution is 1.14. The van der Waals surface area contributed by atoms with Crippen molar-refractivity contribution < 1.29 is 0 Å². The van der Waals surface area contributed by atoms with Crippen LogP contribution in [0.2, 0.25) is 0 Å². The van der Waals surface area contributed by atoms with E-state index < -0.39 is 0 Å². The maximum Gasteiger partial charge on any atom is 0.0352 e. The van der Waals surface area contributed by atoms with E-state index in [4.69, 9.17) is 5.73 Å². The van der Waals surface area contributed by atoms with Crippen molar-refractivity contribution in [2.24, 2.45) is 0 Å². The van der Waals surface area contributed by atoms with Gasteiger partial charge in [-0.3, -0.25) is 0 Å². The second kappa shape index (κ2) is 4.40. The number of hydrogen-bond acceptors (Lipinski definition) is 1. The van der Waals surface area contributed by atoms with Gasteiger partial charge in [0.05, 0.1) is 0 Å². The van der Waals surface area contributed by atoms with E-state index in [1.807, 2.05) is 0 Å².